The Kier molecular flexibility index (Phi) is 4.17. The lowest BCUT2D eigenvalue weighted by Crippen LogP contribution is -2.34. The molecule has 1 aliphatic heterocycles. The Morgan fingerprint density at radius 3 is 2.45 bits per heavy atom. The second-order valence-corrected chi connectivity index (χ2v) is 6.45. The molecule has 3 rings (SSSR count). The van der Waals surface area contributed by atoms with Crippen molar-refractivity contribution in [1.82, 2.24) is 0 Å². The van der Waals surface area contributed by atoms with Crippen molar-refractivity contribution in [1.29, 1.82) is 0 Å². The Hall–Kier alpha value is -1.86. The highest BCUT2D eigenvalue weighted by Gasteiger charge is 2.40. The van der Waals surface area contributed by atoms with E-state index in [4.69, 9.17) is 0 Å². The van der Waals surface area contributed by atoms with Crippen molar-refractivity contribution < 1.29 is 14.0 Å². The van der Waals surface area contributed by atoms with Gasteiger partial charge in [0.25, 0.3) is 11.1 Å². The molecule has 1 atom stereocenters. The molecular formula is C15H10BrFN2O2S. The first-order valence-corrected chi connectivity index (χ1v) is 8.05. The highest BCUT2D eigenvalue weighted by atomic mass is 79.9. The topological polar surface area (TPSA) is 49.4 Å². The third kappa shape index (κ3) is 2.86. The number of rotatable bonds is 3. The quantitative estimate of drug-likeness (QED) is 0.865. The van der Waals surface area contributed by atoms with Crippen LogP contribution in [0.2, 0.25) is 0 Å². The fourth-order valence-electron chi connectivity index (χ4n) is 2.04. The van der Waals surface area contributed by atoms with Gasteiger partial charge in [0.05, 0.1) is 5.69 Å². The minimum Gasteiger partial charge on any atom is -0.364 e. The second-order valence-electron chi connectivity index (χ2n) is 4.54. The fraction of sp³-hybridized carbons (Fsp3) is 0.0667. The lowest BCUT2D eigenvalue weighted by Gasteiger charge is -2.15. The monoisotopic (exact) mass is 380 g/mol. The fourth-order valence-corrected chi connectivity index (χ4v) is 3.34. The summed E-state index contributed by atoms with van der Waals surface area (Å²) < 4.78 is 13.8. The van der Waals surface area contributed by atoms with E-state index in [0.29, 0.717) is 5.69 Å². The Bertz CT molecular complexity index is 739. The third-order valence-electron chi connectivity index (χ3n) is 3.09. The van der Waals surface area contributed by atoms with Gasteiger partial charge >= 0.3 is 0 Å². The summed E-state index contributed by atoms with van der Waals surface area (Å²) in [4.78, 5) is 25.6. The third-order valence-corrected chi connectivity index (χ3v) is 4.72. The van der Waals surface area contributed by atoms with Gasteiger partial charge in [-0.1, -0.05) is 12.1 Å². The summed E-state index contributed by atoms with van der Waals surface area (Å²) in [6, 6.07) is 12.6. The van der Waals surface area contributed by atoms with Crippen molar-refractivity contribution >= 4 is 50.2 Å². The van der Waals surface area contributed by atoms with E-state index in [2.05, 4.69) is 21.2 Å². The number of halogens is 2. The number of amides is 2. The van der Waals surface area contributed by atoms with E-state index in [-0.39, 0.29) is 11.1 Å². The van der Waals surface area contributed by atoms with Gasteiger partial charge in [-0.05, 0) is 64.1 Å². The van der Waals surface area contributed by atoms with E-state index in [9.17, 15) is 14.0 Å². The van der Waals surface area contributed by atoms with Crippen LogP contribution in [0.1, 0.15) is 0 Å². The Labute approximate surface area is 138 Å². The molecule has 0 aromatic heterocycles. The average Bonchev–Trinajstić information content (AvgIpc) is 2.77. The first kappa shape index (κ1) is 15.1. The summed E-state index contributed by atoms with van der Waals surface area (Å²) in [5.74, 6) is -0.796. The van der Waals surface area contributed by atoms with Crippen LogP contribution in [0.25, 0.3) is 0 Å². The van der Waals surface area contributed by atoms with E-state index >= 15 is 0 Å². The molecule has 0 radical (unpaired) electrons. The number of hydrogen-bond acceptors (Lipinski definition) is 4. The summed E-state index contributed by atoms with van der Waals surface area (Å²) in [7, 11) is 0. The van der Waals surface area contributed by atoms with Crippen LogP contribution in [0.5, 0.6) is 0 Å². The Morgan fingerprint density at radius 1 is 1.09 bits per heavy atom. The van der Waals surface area contributed by atoms with Crippen LogP contribution in [-0.2, 0) is 4.79 Å². The predicted octanol–water partition coefficient (Wildman–Crippen LogP) is 4.23. The van der Waals surface area contributed by atoms with Gasteiger partial charge in [0.1, 0.15) is 5.82 Å². The Morgan fingerprint density at radius 2 is 1.77 bits per heavy atom. The first-order valence-electron chi connectivity index (χ1n) is 6.37. The molecule has 2 aromatic rings. The molecule has 112 valence electrons. The molecule has 0 saturated carbocycles. The molecule has 1 saturated heterocycles. The van der Waals surface area contributed by atoms with Crippen LogP contribution >= 0.6 is 27.7 Å². The van der Waals surface area contributed by atoms with Gasteiger partial charge in [-0.3, -0.25) is 9.59 Å². The molecule has 2 amide bonds. The number of carbonyl (C=O) groups excluding carboxylic acids is 2. The van der Waals surface area contributed by atoms with Crippen LogP contribution in [0.3, 0.4) is 0 Å². The summed E-state index contributed by atoms with van der Waals surface area (Å²) in [6.07, 6.45) is 0. The van der Waals surface area contributed by atoms with Crippen LogP contribution < -0.4 is 10.2 Å². The summed E-state index contributed by atoms with van der Waals surface area (Å²) in [5.41, 5.74) is 1.09. The highest BCUT2D eigenvalue weighted by Crippen LogP contribution is 2.33. The molecule has 22 heavy (non-hydrogen) atoms. The van der Waals surface area contributed by atoms with E-state index < -0.39 is 11.2 Å². The number of anilines is 2. The van der Waals surface area contributed by atoms with Gasteiger partial charge in [-0.25, -0.2) is 9.29 Å². The first-order chi connectivity index (χ1) is 10.6. The van der Waals surface area contributed by atoms with Gasteiger partial charge < -0.3 is 5.32 Å². The molecule has 2 aromatic carbocycles. The van der Waals surface area contributed by atoms with E-state index in [1.807, 2.05) is 24.3 Å². The van der Waals surface area contributed by atoms with E-state index in [1.165, 1.54) is 24.3 Å². The van der Waals surface area contributed by atoms with Crippen molar-refractivity contribution in [2.75, 3.05) is 10.2 Å². The smallest absolute Gasteiger partial charge is 0.295 e. The van der Waals surface area contributed by atoms with Crippen LogP contribution in [0.4, 0.5) is 20.6 Å². The van der Waals surface area contributed by atoms with Gasteiger partial charge in [0.15, 0.2) is 5.37 Å². The normalized spacial score (nSPS) is 17.9. The van der Waals surface area contributed by atoms with Crippen LogP contribution in [0.15, 0.2) is 53.0 Å². The maximum absolute atomic E-state index is 13.0. The molecule has 0 unspecified atom stereocenters. The van der Waals surface area contributed by atoms with Crippen molar-refractivity contribution in [3.8, 4) is 0 Å². The number of benzene rings is 2. The van der Waals surface area contributed by atoms with Crippen molar-refractivity contribution in [3.63, 3.8) is 0 Å². The number of hydrogen-bond donors (Lipinski definition) is 1. The molecule has 0 bridgehead atoms. The summed E-state index contributed by atoms with van der Waals surface area (Å²) >= 11 is 4.28. The largest absolute Gasteiger partial charge is 0.364 e. The molecule has 1 N–H and O–H groups in total. The molecule has 7 heteroatoms. The van der Waals surface area contributed by atoms with Gasteiger partial charge in [-0.15, -0.1) is 0 Å². The average molecular weight is 381 g/mol. The minimum absolute atomic E-state index is 0.361. The summed E-state index contributed by atoms with van der Waals surface area (Å²) in [6.45, 7) is 0. The number of nitrogens with zero attached hydrogens (tertiary/aromatic N) is 1. The van der Waals surface area contributed by atoms with Crippen molar-refractivity contribution in [3.05, 3.63) is 58.8 Å². The molecule has 0 spiro atoms. The van der Waals surface area contributed by atoms with Gasteiger partial charge in [-0.2, -0.15) is 0 Å². The highest BCUT2D eigenvalue weighted by molar-refractivity contribution is 9.10. The van der Waals surface area contributed by atoms with Gasteiger partial charge in [0, 0.05) is 10.2 Å². The minimum atomic E-state index is -0.712. The zero-order valence-electron chi connectivity index (χ0n) is 11.1. The maximum atomic E-state index is 13.0. The molecular weight excluding hydrogens is 371 g/mol. The van der Waals surface area contributed by atoms with Crippen LogP contribution in [0, 0.1) is 5.82 Å². The van der Waals surface area contributed by atoms with Crippen molar-refractivity contribution in [2.24, 2.45) is 0 Å². The van der Waals surface area contributed by atoms with E-state index in [0.717, 1.165) is 26.8 Å². The molecule has 1 aliphatic rings. The number of carbonyl (C=O) groups is 2. The number of para-hydroxylation sites is 1. The van der Waals surface area contributed by atoms with E-state index in [1.54, 1.807) is 0 Å². The predicted molar refractivity (Wildman–Crippen MR) is 88.4 cm³/mol. The zero-order chi connectivity index (χ0) is 15.7. The molecule has 0 aliphatic carbocycles. The lowest BCUT2D eigenvalue weighted by atomic mass is 10.3. The summed E-state index contributed by atoms with van der Waals surface area (Å²) in [5, 5.41) is 1.93. The van der Waals surface area contributed by atoms with Crippen molar-refractivity contribution in [2.45, 2.75) is 5.37 Å². The van der Waals surface area contributed by atoms with Crippen LogP contribution in [-0.4, -0.2) is 16.5 Å². The number of imide groups is 1. The molecule has 1 fully saturated rings. The maximum Gasteiger partial charge on any atom is 0.295 e. The SMILES string of the molecule is O=C1S[C@@H](Nc2ccccc2Br)C(=O)N1c1ccc(F)cc1. The second kappa shape index (κ2) is 6.10. The zero-order valence-corrected chi connectivity index (χ0v) is 13.5. The van der Waals surface area contributed by atoms with Gasteiger partial charge in [0.2, 0.25) is 0 Å². The molecule has 1 heterocycles. The number of thioether (sulfide) groups is 1. The number of nitrogens with one attached hydrogen (secondary N) is 1. The standard InChI is InChI=1S/C15H10BrFN2O2S/c16-11-3-1-2-4-12(11)18-13-14(20)19(15(21)22-13)10-7-5-9(17)6-8-10/h1-8,13,18H/t13-/m1/s1. The molecule has 4 nitrogen and oxygen atoms in total. The Balaban J connectivity index is 1.82. The lowest BCUT2D eigenvalue weighted by molar-refractivity contribution is -0.116.